The summed E-state index contributed by atoms with van der Waals surface area (Å²) < 4.78 is 5.35. The van der Waals surface area contributed by atoms with Gasteiger partial charge in [0.1, 0.15) is 22.6 Å². The molecular weight excluding hydrogens is 344 g/mol. The third-order valence-corrected chi connectivity index (χ3v) is 4.29. The maximum atomic E-state index is 12.8. The molecule has 0 saturated heterocycles. The van der Waals surface area contributed by atoms with E-state index < -0.39 is 56.7 Å². The van der Waals surface area contributed by atoms with Crippen molar-refractivity contribution in [1.82, 2.24) is 0 Å². The topological polar surface area (TPSA) is 151 Å². The van der Waals surface area contributed by atoms with Gasteiger partial charge in [-0.3, -0.25) is 14.4 Å². The number of aromatic hydroxyl groups is 2. The largest absolute Gasteiger partial charge is 0.872 e. The first-order valence-corrected chi connectivity index (χ1v) is 7.36. The van der Waals surface area contributed by atoms with Crippen molar-refractivity contribution >= 4 is 22.5 Å². The highest BCUT2D eigenvalue weighted by atomic mass is 16.3. The van der Waals surface area contributed by atoms with Crippen LogP contribution in [0.15, 0.2) is 27.4 Å². The maximum absolute atomic E-state index is 12.8. The van der Waals surface area contributed by atoms with Crippen molar-refractivity contribution < 1.29 is 34.4 Å². The van der Waals surface area contributed by atoms with E-state index in [-0.39, 0.29) is 16.7 Å². The lowest BCUT2D eigenvalue weighted by Gasteiger charge is -2.26. The number of carbonyl (C=O) groups excluding carboxylic acids is 2. The van der Waals surface area contributed by atoms with Gasteiger partial charge >= 0.3 is 0 Å². The van der Waals surface area contributed by atoms with Gasteiger partial charge in [0.25, 0.3) is 0 Å². The SMILES string of the molecule is Cc1cc(O)cc2oc3c(c(=O)c12)C(=O)c1c([O-])cc(O)c([O-])c1C3=O. The summed E-state index contributed by atoms with van der Waals surface area (Å²) >= 11 is 0. The molecular formula is C18H8O8-2. The van der Waals surface area contributed by atoms with Gasteiger partial charge in [-0.1, -0.05) is 11.5 Å². The van der Waals surface area contributed by atoms with Gasteiger partial charge in [-0.25, -0.2) is 0 Å². The molecule has 8 nitrogen and oxygen atoms in total. The van der Waals surface area contributed by atoms with Crippen molar-refractivity contribution in [3.05, 3.63) is 56.4 Å². The molecule has 0 radical (unpaired) electrons. The summed E-state index contributed by atoms with van der Waals surface area (Å²) in [5, 5.41) is 43.3. The first-order chi connectivity index (χ1) is 12.2. The van der Waals surface area contributed by atoms with Crippen LogP contribution in [0.2, 0.25) is 0 Å². The smallest absolute Gasteiger partial charge is 0.229 e. The number of carbonyl (C=O) groups is 2. The normalized spacial score (nSPS) is 13.0. The van der Waals surface area contributed by atoms with E-state index in [2.05, 4.69) is 0 Å². The zero-order chi connectivity index (χ0) is 18.9. The molecule has 8 heteroatoms. The first kappa shape index (κ1) is 15.7. The number of hydrogen-bond acceptors (Lipinski definition) is 8. The molecule has 1 aliphatic carbocycles. The van der Waals surface area contributed by atoms with Crippen LogP contribution in [0.25, 0.3) is 11.0 Å². The van der Waals surface area contributed by atoms with Crippen LogP contribution in [0.5, 0.6) is 23.0 Å². The van der Waals surface area contributed by atoms with Crippen LogP contribution in [-0.4, -0.2) is 21.8 Å². The Morgan fingerprint density at radius 1 is 0.923 bits per heavy atom. The number of rotatable bonds is 0. The van der Waals surface area contributed by atoms with Gasteiger partial charge in [0.05, 0.1) is 5.39 Å². The first-order valence-electron chi connectivity index (χ1n) is 7.36. The van der Waals surface area contributed by atoms with Crippen molar-refractivity contribution in [3.63, 3.8) is 0 Å². The monoisotopic (exact) mass is 352 g/mol. The Bertz CT molecular complexity index is 1230. The number of fused-ring (bicyclic) bond motifs is 3. The Balaban J connectivity index is 2.18. The molecule has 130 valence electrons. The predicted octanol–water partition coefficient (Wildman–Crippen LogP) is 0.435. The number of benzene rings is 2. The molecule has 2 aromatic carbocycles. The van der Waals surface area contributed by atoms with Crippen LogP contribution in [0, 0.1) is 6.92 Å². The van der Waals surface area contributed by atoms with E-state index in [1.807, 2.05) is 0 Å². The molecule has 0 aliphatic heterocycles. The van der Waals surface area contributed by atoms with E-state index in [9.17, 15) is 34.8 Å². The Labute approximate surface area is 144 Å². The molecule has 1 aliphatic rings. The average molecular weight is 352 g/mol. The summed E-state index contributed by atoms with van der Waals surface area (Å²) in [6, 6.07) is 2.90. The Hall–Kier alpha value is -3.81. The Kier molecular flexibility index (Phi) is 2.93. The molecule has 0 bridgehead atoms. The summed E-state index contributed by atoms with van der Waals surface area (Å²) in [4.78, 5) is 38.1. The number of hydrogen-bond donors (Lipinski definition) is 2. The van der Waals surface area contributed by atoms with Crippen LogP contribution < -0.4 is 15.6 Å². The lowest BCUT2D eigenvalue weighted by molar-refractivity contribution is -0.276. The van der Waals surface area contributed by atoms with E-state index in [0.717, 1.165) is 6.07 Å². The van der Waals surface area contributed by atoms with Crippen molar-refractivity contribution in [2.75, 3.05) is 0 Å². The van der Waals surface area contributed by atoms with Crippen molar-refractivity contribution in [3.8, 4) is 23.0 Å². The fourth-order valence-corrected chi connectivity index (χ4v) is 3.17. The van der Waals surface area contributed by atoms with Crippen LogP contribution >= 0.6 is 0 Å². The molecule has 4 rings (SSSR count). The molecule has 0 fully saturated rings. The Morgan fingerprint density at radius 3 is 2.31 bits per heavy atom. The third kappa shape index (κ3) is 1.80. The summed E-state index contributed by atoms with van der Waals surface area (Å²) in [5.74, 6) is -6.40. The van der Waals surface area contributed by atoms with E-state index in [1.165, 1.54) is 13.0 Å². The van der Waals surface area contributed by atoms with E-state index in [1.54, 1.807) is 0 Å². The average Bonchev–Trinajstić information content (AvgIpc) is 2.54. The number of ketones is 2. The molecule has 2 N–H and O–H groups in total. The zero-order valence-electron chi connectivity index (χ0n) is 13.1. The fraction of sp³-hybridized carbons (Fsp3) is 0.0556. The summed E-state index contributed by atoms with van der Waals surface area (Å²) in [6.07, 6.45) is 0. The quantitative estimate of drug-likeness (QED) is 0.462. The maximum Gasteiger partial charge on any atom is 0.229 e. The second-order valence-electron chi connectivity index (χ2n) is 5.90. The summed E-state index contributed by atoms with van der Waals surface area (Å²) in [7, 11) is 0. The fourth-order valence-electron chi connectivity index (χ4n) is 3.17. The highest BCUT2D eigenvalue weighted by Gasteiger charge is 2.36. The van der Waals surface area contributed by atoms with Gasteiger partial charge < -0.3 is 24.8 Å². The second kappa shape index (κ2) is 4.85. The molecule has 3 aromatic rings. The standard InChI is InChI=1S/C18H10O8/c1-5-2-6(19)3-9-10(5)15(23)13-16(24)11-7(20)4-8(21)14(22)12(11)17(25)18(13)26-9/h2-4,19-22H,1H3/p-2. The zero-order valence-corrected chi connectivity index (χ0v) is 13.1. The molecule has 1 aromatic heterocycles. The second-order valence-corrected chi connectivity index (χ2v) is 5.90. The lowest BCUT2D eigenvalue weighted by atomic mass is 9.85. The molecule has 1 heterocycles. The number of phenolic OH excluding ortho intramolecular Hbond substituents is 2. The van der Waals surface area contributed by atoms with Gasteiger partial charge in [0.15, 0.2) is 5.76 Å². The van der Waals surface area contributed by atoms with E-state index in [0.29, 0.717) is 11.6 Å². The highest BCUT2D eigenvalue weighted by molar-refractivity contribution is 6.29. The van der Waals surface area contributed by atoms with Crippen molar-refractivity contribution in [2.24, 2.45) is 0 Å². The highest BCUT2D eigenvalue weighted by Crippen LogP contribution is 2.40. The molecule has 26 heavy (non-hydrogen) atoms. The van der Waals surface area contributed by atoms with Crippen molar-refractivity contribution in [1.29, 1.82) is 0 Å². The van der Waals surface area contributed by atoms with E-state index in [4.69, 9.17) is 4.42 Å². The predicted molar refractivity (Wildman–Crippen MR) is 82.7 cm³/mol. The molecule has 0 amide bonds. The van der Waals surface area contributed by atoms with Crippen LogP contribution in [0.3, 0.4) is 0 Å². The van der Waals surface area contributed by atoms with Crippen molar-refractivity contribution in [2.45, 2.75) is 6.92 Å². The Morgan fingerprint density at radius 2 is 1.62 bits per heavy atom. The van der Waals surface area contributed by atoms with Gasteiger partial charge in [-0.2, -0.15) is 0 Å². The van der Waals surface area contributed by atoms with Gasteiger partial charge in [0.2, 0.25) is 17.0 Å². The minimum absolute atomic E-state index is 0.0280. The molecule has 0 saturated carbocycles. The van der Waals surface area contributed by atoms with Crippen LogP contribution in [0.4, 0.5) is 0 Å². The van der Waals surface area contributed by atoms with E-state index >= 15 is 0 Å². The minimum Gasteiger partial charge on any atom is -0.872 e. The number of aryl methyl sites for hydroxylation is 1. The van der Waals surface area contributed by atoms with Crippen LogP contribution in [0.1, 0.15) is 37.6 Å². The lowest BCUT2D eigenvalue weighted by Crippen LogP contribution is -2.30. The van der Waals surface area contributed by atoms with Gasteiger partial charge in [-0.15, -0.1) is 0 Å². The summed E-state index contributed by atoms with van der Waals surface area (Å²) in [5.41, 5.74) is -2.92. The third-order valence-electron chi connectivity index (χ3n) is 4.29. The number of phenols is 2. The minimum atomic E-state index is -1.20. The van der Waals surface area contributed by atoms with Gasteiger partial charge in [-0.05, 0) is 24.6 Å². The van der Waals surface area contributed by atoms with Crippen LogP contribution in [-0.2, 0) is 0 Å². The molecule has 0 unspecified atom stereocenters. The van der Waals surface area contributed by atoms with Gasteiger partial charge in [0, 0.05) is 17.2 Å². The molecule has 0 spiro atoms. The molecule has 0 atom stereocenters. The summed E-state index contributed by atoms with van der Waals surface area (Å²) in [6.45, 7) is 1.50.